The van der Waals surface area contributed by atoms with Crippen LogP contribution in [0.4, 0.5) is 0 Å². The van der Waals surface area contributed by atoms with Crippen molar-refractivity contribution in [3.8, 4) is 0 Å². The zero-order valence-electron chi connectivity index (χ0n) is 11.3. The predicted octanol–water partition coefficient (Wildman–Crippen LogP) is 3.00. The van der Waals surface area contributed by atoms with Gasteiger partial charge in [0.05, 0.1) is 0 Å². The normalized spacial score (nSPS) is 26.9. The second-order valence-corrected chi connectivity index (χ2v) is 5.74. The average molecular weight is 236 g/mol. The molecule has 98 valence electrons. The first-order chi connectivity index (χ1) is 8.34. The fourth-order valence-corrected chi connectivity index (χ4v) is 3.08. The molecule has 2 rings (SSSR count). The van der Waals surface area contributed by atoms with Gasteiger partial charge in [-0.25, -0.2) is 0 Å². The first kappa shape index (κ1) is 13.1. The van der Waals surface area contributed by atoms with E-state index in [1.807, 2.05) is 0 Å². The molecule has 0 aromatic rings. The Hall–Kier alpha value is -0.340. The highest BCUT2D eigenvalue weighted by Gasteiger charge is 2.16. The largest absolute Gasteiger partial charge is 0.314 e. The average Bonchev–Trinajstić information content (AvgIpc) is 2.83. The van der Waals surface area contributed by atoms with E-state index < -0.39 is 0 Å². The van der Waals surface area contributed by atoms with Crippen molar-refractivity contribution in [3.05, 3.63) is 11.6 Å². The van der Waals surface area contributed by atoms with Gasteiger partial charge >= 0.3 is 0 Å². The van der Waals surface area contributed by atoms with Crippen LogP contribution in [0.3, 0.4) is 0 Å². The summed E-state index contributed by atoms with van der Waals surface area (Å²) in [4.78, 5) is 0. The first-order valence-corrected chi connectivity index (χ1v) is 7.49. The highest BCUT2D eigenvalue weighted by molar-refractivity contribution is 5.05. The third kappa shape index (κ3) is 4.81. The number of allylic oxidation sites excluding steroid dienone is 1. The summed E-state index contributed by atoms with van der Waals surface area (Å²) in [5.74, 6) is 0. The molecule has 17 heavy (non-hydrogen) atoms. The Kier molecular flexibility index (Phi) is 5.53. The molecule has 2 nitrogen and oxygen atoms in total. The van der Waals surface area contributed by atoms with Crippen LogP contribution in [-0.2, 0) is 0 Å². The molecule has 0 saturated carbocycles. The van der Waals surface area contributed by atoms with Gasteiger partial charge in [-0.2, -0.15) is 0 Å². The van der Waals surface area contributed by atoms with Gasteiger partial charge < -0.3 is 10.6 Å². The van der Waals surface area contributed by atoms with Gasteiger partial charge in [-0.05, 0) is 71.4 Å². The van der Waals surface area contributed by atoms with E-state index in [0.717, 1.165) is 6.04 Å². The maximum atomic E-state index is 3.68. The van der Waals surface area contributed by atoms with E-state index >= 15 is 0 Å². The molecule has 1 aliphatic heterocycles. The van der Waals surface area contributed by atoms with Crippen molar-refractivity contribution in [1.82, 2.24) is 10.6 Å². The summed E-state index contributed by atoms with van der Waals surface area (Å²) < 4.78 is 0. The van der Waals surface area contributed by atoms with E-state index in [1.165, 1.54) is 64.5 Å². The zero-order valence-corrected chi connectivity index (χ0v) is 11.3. The lowest BCUT2D eigenvalue weighted by molar-refractivity contribution is 0.441. The van der Waals surface area contributed by atoms with E-state index in [9.17, 15) is 0 Å². The van der Waals surface area contributed by atoms with Crippen LogP contribution in [0, 0.1) is 0 Å². The van der Waals surface area contributed by atoms with Gasteiger partial charge in [0.2, 0.25) is 0 Å². The van der Waals surface area contributed by atoms with Crippen molar-refractivity contribution in [2.45, 2.75) is 70.4 Å². The molecule has 0 radical (unpaired) electrons. The van der Waals surface area contributed by atoms with Crippen LogP contribution >= 0.6 is 0 Å². The molecule has 2 unspecified atom stereocenters. The monoisotopic (exact) mass is 236 g/mol. The molecule has 2 N–H and O–H groups in total. The van der Waals surface area contributed by atoms with E-state index in [4.69, 9.17) is 0 Å². The minimum atomic E-state index is 0.662. The van der Waals surface area contributed by atoms with Gasteiger partial charge in [0.15, 0.2) is 0 Å². The lowest BCUT2D eigenvalue weighted by atomic mass is 9.97. The number of hydrogen-bond donors (Lipinski definition) is 2. The van der Waals surface area contributed by atoms with Crippen LogP contribution in [0.15, 0.2) is 11.6 Å². The van der Waals surface area contributed by atoms with Crippen molar-refractivity contribution in [2.75, 3.05) is 13.1 Å². The maximum absolute atomic E-state index is 3.68. The molecule has 2 atom stereocenters. The molecule has 0 spiro atoms. The van der Waals surface area contributed by atoms with E-state index in [1.54, 1.807) is 5.57 Å². The molecule has 0 aromatic carbocycles. The minimum absolute atomic E-state index is 0.662. The smallest absolute Gasteiger partial charge is 0.00822 e. The van der Waals surface area contributed by atoms with Crippen LogP contribution in [0.25, 0.3) is 0 Å². The Labute approximate surface area is 106 Å². The quantitative estimate of drug-likeness (QED) is 0.693. The third-order valence-electron chi connectivity index (χ3n) is 4.12. The molecule has 1 saturated heterocycles. The van der Waals surface area contributed by atoms with Crippen molar-refractivity contribution >= 4 is 0 Å². The predicted molar refractivity (Wildman–Crippen MR) is 74.3 cm³/mol. The second-order valence-electron chi connectivity index (χ2n) is 5.74. The maximum Gasteiger partial charge on any atom is 0.00822 e. The molecule has 1 aliphatic carbocycles. The fourth-order valence-electron chi connectivity index (χ4n) is 3.08. The minimum Gasteiger partial charge on any atom is -0.314 e. The Balaban J connectivity index is 1.55. The fraction of sp³-hybridized carbons (Fsp3) is 0.867. The van der Waals surface area contributed by atoms with E-state index in [2.05, 4.69) is 23.6 Å². The van der Waals surface area contributed by atoms with Crippen molar-refractivity contribution in [1.29, 1.82) is 0 Å². The Morgan fingerprint density at radius 2 is 2.35 bits per heavy atom. The highest BCUT2D eigenvalue weighted by atomic mass is 15.0. The summed E-state index contributed by atoms with van der Waals surface area (Å²) in [5, 5.41) is 7.25. The highest BCUT2D eigenvalue weighted by Crippen LogP contribution is 2.19. The molecular weight excluding hydrogens is 208 g/mol. The summed E-state index contributed by atoms with van der Waals surface area (Å²) >= 11 is 0. The van der Waals surface area contributed by atoms with Crippen LogP contribution < -0.4 is 10.6 Å². The Bertz CT molecular complexity index is 241. The summed E-state index contributed by atoms with van der Waals surface area (Å²) in [6.45, 7) is 4.72. The van der Waals surface area contributed by atoms with E-state index in [-0.39, 0.29) is 0 Å². The molecule has 2 heteroatoms. The van der Waals surface area contributed by atoms with Crippen LogP contribution in [-0.4, -0.2) is 25.2 Å². The topological polar surface area (TPSA) is 24.1 Å². The van der Waals surface area contributed by atoms with Gasteiger partial charge in [-0.1, -0.05) is 11.6 Å². The van der Waals surface area contributed by atoms with Crippen LogP contribution in [0.2, 0.25) is 0 Å². The molecule has 0 bridgehead atoms. The summed E-state index contributed by atoms with van der Waals surface area (Å²) in [5.41, 5.74) is 1.69. The van der Waals surface area contributed by atoms with Gasteiger partial charge in [0.1, 0.15) is 0 Å². The lowest BCUT2D eigenvalue weighted by Gasteiger charge is -2.19. The Morgan fingerprint density at radius 1 is 1.41 bits per heavy atom. The van der Waals surface area contributed by atoms with Gasteiger partial charge in [0, 0.05) is 12.1 Å². The molecule has 0 amide bonds. The Morgan fingerprint density at radius 3 is 3.06 bits per heavy atom. The SMILES string of the molecule is CC(CC1CCCN1)NCCC1=CCCCC1. The number of rotatable bonds is 6. The summed E-state index contributed by atoms with van der Waals surface area (Å²) in [6, 6.07) is 1.43. The standard InChI is InChI=1S/C15H28N2/c1-13(12-15-8-5-10-17-15)16-11-9-14-6-3-2-4-7-14/h6,13,15-17H,2-5,7-12H2,1H3. The van der Waals surface area contributed by atoms with E-state index in [0.29, 0.717) is 6.04 Å². The molecule has 0 aromatic heterocycles. The third-order valence-corrected chi connectivity index (χ3v) is 4.12. The van der Waals surface area contributed by atoms with Crippen molar-refractivity contribution in [2.24, 2.45) is 0 Å². The number of nitrogens with one attached hydrogen (secondary N) is 2. The lowest BCUT2D eigenvalue weighted by Crippen LogP contribution is -2.34. The van der Waals surface area contributed by atoms with Gasteiger partial charge in [-0.3, -0.25) is 0 Å². The molecular formula is C15H28N2. The zero-order chi connectivity index (χ0) is 11.9. The van der Waals surface area contributed by atoms with Gasteiger partial charge in [0.25, 0.3) is 0 Å². The molecule has 2 aliphatic rings. The van der Waals surface area contributed by atoms with Crippen molar-refractivity contribution in [3.63, 3.8) is 0 Å². The molecule has 1 heterocycles. The van der Waals surface area contributed by atoms with Crippen molar-refractivity contribution < 1.29 is 0 Å². The van der Waals surface area contributed by atoms with Gasteiger partial charge in [-0.15, -0.1) is 0 Å². The molecule has 1 fully saturated rings. The number of hydrogen-bond acceptors (Lipinski definition) is 2. The van der Waals surface area contributed by atoms with Crippen LogP contribution in [0.1, 0.15) is 58.3 Å². The van der Waals surface area contributed by atoms with Crippen LogP contribution in [0.5, 0.6) is 0 Å². The summed E-state index contributed by atoms with van der Waals surface area (Å²) in [7, 11) is 0. The summed E-state index contributed by atoms with van der Waals surface area (Å²) in [6.07, 6.45) is 13.2. The second kappa shape index (κ2) is 7.17. The first-order valence-electron chi connectivity index (χ1n) is 7.49.